The van der Waals surface area contributed by atoms with E-state index in [1.165, 1.54) is 11.1 Å². The van der Waals surface area contributed by atoms with Crippen LogP contribution in [0.25, 0.3) is 11.1 Å². The molecule has 1 aromatic heterocycles. The minimum absolute atomic E-state index is 1.00. The van der Waals surface area contributed by atoms with Crippen molar-refractivity contribution in [3.8, 4) is 0 Å². The van der Waals surface area contributed by atoms with Crippen LogP contribution in [0, 0.1) is 0 Å². The molecule has 1 aromatic rings. The molecule has 60 valence electrons. The topological polar surface area (TPSA) is 12.9 Å². The summed E-state index contributed by atoms with van der Waals surface area (Å²) in [7, 11) is 0. The maximum absolute atomic E-state index is 4.29. The highest BCUT2D eigenvalue weighted by Crippen LogP contribution is 2.33. The average Bonchev–Trinajstić information content (AvgIpc) is 2.12. The number of pyridine rings is 1. The molecule has 2 rings (SSSR count). The SMILES string of the molecule is C=C1CCC(=C)c2ncccc21. The molecule has 0 bridgehead atoms. The van der Waals surface area contributed by atoms with E-state index in [2.05, 4.69) is 24.2 Å². The lowest BCUT2D eigenvalue weighted by Crippen LogP contribution is -2.01. The summed E-state index contributed by atoms with van der Waals surface area (Å²) >= 11 is 0. The number of fused-ring (bicyclic) bond motifs is 1. The van der Waals surface area contributed by atoms with Crippen LogP contribution in [0.15, 0.2) is 31.5 Å². The van der Waals surface area contributed by atoms with E-state index in [1.54, 1.807) is 0 Å². The number of aromatic nitrogens is 1. The normalized spacial score (nSPS) is 16.0. The van der Waals surface area contributed by atoms with Gasteiger partial charge in [0.05, 0.1) is 5.69 Å². The van der Waals surface area contributed by atoms with Crippen LogP contribution in [-0.4, -0.2) is 4.98 Å². The second kappa shape index (κ2) is 2.59. The summed E-state index contributed by atoms with van der Waals surface area (Å²) in [4.78, 5) is 4.29. The van der Waals surface area contributed by atoms with Gasteiger partial charge in [0.1, 0.15) is 0 Å². The summed E-state index contributed by atoms with van der Waals surface area (Å²) in [6.45, 7) is 8.00. The van der Waals surface area contributed by atoms with E-state index in [1.807, 2.05) is 12.3 Å². The molecule has 0 spiro atoms. The van der Waals surface area contributed by atoms with Crippen LogP contribution >= 0.6 is 0 Å². The van der Waals surface area contributed by atoms with Crippen LogP contribution in [0.3, 0.4) is 0 Å². The molecule has 0 unspecified atom stereocenters. The van der Waals surface area contributed by atoms with Gasteiger partial charge in [-0.1, -0.05) is 19.2 Å². The maximum Gasteiger partial charge on any atom is 0.0730 e. The first kappa shape index (κ1) is 7.29. The highest BCUT2D eigenvalue weighted by molar-refractivity contribution is 5.80. The fraction of sp³-hybridized carbons (Fsp3) is 0.182. The van der Waals surface area contributed by atoms with Crippen LogP contribution in [0.5, 0.6) is 0 Å². The van der Waals surface area contributed by atoms with Gasteiger partial charge in [0.2, 0.25) is 0 Å². The molecule has 1 heterocycles. The molecule has 1 nitrogen and oxygen atoms in total. The quantitative estimate of drug-likeness (QED) is 0.564. The predicted octanol–water partition coefficient (Wildman–Crippen LogP) is 2.90. The molecule has 0 amide bonds. The molecular weight excluding hydrogens is 146 g/mol. The lowest BCUT2D eigenvalue weighted by atomic mass is 9.89. The first-order valence-corrected chi connectivity index (χ1v) is 4.10. The van der Waals surface area contributed by atoms with Gasteiger partial charge in [0.15, 0.2) is 0 Å². The molecule has 0 saturated carbocycles. The molecule has 0 aliphatic heterocycles. The third kappa shape index (κ3) is 0.981. The Morgan fingerprint density at radius 1 is 1.17 bits per heavy atom. The molecule has 12 heavy (non-hydrogen) atoms. The van der Waals surface area contributed by atoms with Gasteiger partial charge >= 0.3 is 0 Å². The Kier molecular flexibility index (Phi) is 1.58. The Morgan fingerprint density at radius 2 is 1.92 bits per heavy atom. The molecule has 0 N–H and O–H groups in total. The highest BCUT2D eigenvalue weighted by atomic mass is 14.7. The van der Waals surface area contributed by atoms with Crippen molar-refractivity contribution < 1.29 is 0 Å². The predicted molar refractivity (Wildman–Crippen MR) is 51.5 cm³/mol. The minimum Gasteiger partial charge on any atom is -0.256 e. The smallest absolute Gasteiger partial charge is 0.0730 e. The van der Waals surface area contributed by atoms with Crippen molar-refractivity contribution in [2.75, 3.05) is 0 Å². The van der Waals surface area contributed by atoms with Crippen LogP contribution in [0.2, 0.25) is 0 Å². The van der Waals surface area contributed by atoms with Crippen molar-refractivity contribution in [1.29, 1.82) is 0 Å². The van der Waals surface area contributed by atoms with E-state index in [0.717, 1.165) is 24.1 Å². The highest BCUT2D eigenvalue weighted by Gasteiger charge is 2.15. The summed E-state index contributed by atoms with van der Waals surface area (Å²) in [5, 5.41) is 0. The average molecular weight is 157 g/mol. The van der Waals surface area contributed by atoms with Crippen molar-refractivity contribution in [2.24, 2.45) is 0 Å². The number of hydrogen-bond donors (Lipinski definition) is 0. The largest absolute Gasteiger partial charge is 0.256 e. The second-order valence-electron chi connectivity index (χ2n) is 3.11. The van der Waals surface area contributed by atoms with E-state index in [0.29, 0.717) is 0 Å². The van der Waals surface area contributed by atoms with Gasteiger partial charge < -0.3 is 0 Å². The molecule has 1 aliphatic carbocycles. The van der Waals surface area contributed by atoms with Gasteiger partial charge in [-0.15, -0.1) is 0 Å². The molecule has 0 atom stereocenters. The molecular formula is C11H11N. The summed E-state index contributed by atoms with van der Waals surface area (Å²) < 4.78 is 0. The van der Waals surface area contributed by atoms with Crippen molar-refractivity contribution in [3.05, 3.63) is 42.7 Å². The maximum atomic E-state index is 4.29. The summed E-state index contributed by atoms with van der Waals surface area (Å²) in [5.41, 5.74) is 4.53. The van der Waals surface area contributed by atoms with Gasteiger partial charge in [-0.3, -0.25) is 4.98 Å². The van der Waals surface area contributed by atoms with E-state index >= 15 is 0 Å². The molecule has 1 aliphatic rings. The van der Waals surface area contributed by atoms with E-state index in [-0.39, 0.29) is 0 Å². The number of allylic oxidation sites excluding steroid dienone is 2. The number of rotatable bonds is 0. The Hall–Kier alpha value is -1.37. The van der Waals surface area contributed by atoms with Gasteiger partial charge in [0, 0.05) is 11.8 Å². The van der Waals surface area contributed by atoms with Crippen molar-refractivity contribution in [1.82, 2.24) is 4.98 Å². The monoisotopic (exact) mass is 157 g/mol. The minimum atomic E-state index is 1.00. The zero-order chi connectivity index (χ0) is 8.55. The van der Waals surface area contributed by atoms with Gasteiger partial charge in [-0.25, -0.2) is 0 Å². The third-order valence-corrected chi connectivity index (χ3v) is 2.25. The molecule has 1 heteroatoms. The summed E-state index contributed by atoms with van der Waals surface area (Å²) in [5.74, 6) is 0. The number of hydrogen-bond acceptors (Lipinski definition) is 1. The Labute approximate surface area is 72.5 Å². The van der Waals surface area contributed by atoms with Crippen molar-refractivity contribution in [2.45, 2.75) is 12.8 Å². The van der Waals surface area contributed by atoms with Crippen LogP contribution in [-0.2, 0) is 0 Å². The van der Waals surface area contributed by atoms with E-state index < -0.39 is 0 Å². The van der Waals surface area contributed by atoms with Crippen molar-refractivity contribution >= 4 is 11.1 Å². The Morgan fingerprint density at radius 3 is 2.67 bits per heavy atom. The summed E-state index contributed by atoms with van der Waals surface area (Å²) in [6, 6.07) is 4.01. The fourth-order valence-electron chi connectivity index (χ4n) is 1.53. The summed E-state index contributed by atoms with van der Waals surface area (Å²) in [6.07, 6.45) is 3.84. The number of nitrogens with zero attached hydrogens (tertiary/aromatic N) is 1. The zero-order valence-corrected chi connectivity index (χ0v) is 7.01. The van der Waals surface area contributed by atoms with Crippen LogP contribution in [0.4, 0.5) is 0 Å². The Balaban J connectivity index is 2.62. The van der Waals surface area contributed by atoms with Crippen LogP contribution < -0.4 is 0 Å². The fourth-order valence-corrected chi connectivity index (χ4v) is 1.53. The van der Waals surface area contributed by atoms with Crippen LogP contribution in [0.1, 0.15) is 24.1 Å². The molecule has 0 aromatic carbocycles. The van der Waals surface area contributed by atoms with Gasteiger partial charge in [0.25, 0.3) is 0 Å². The lowest BCUT2D eigenvalue weighted by Gasteiger charge is -2.18. The van der Waals surface area contributed by atoms with Gasteiger partial charge in [-0.05, 0) is 30.1 Å². The Bertz CT molecular complexity index is 315. The second-order valence-corrected chi connectivity index (χ2v) is 3.11. The van der Waals surface area contributed by atoms with E-state index in [4.69, 9.17) is 0 Å². The molecule has 0 fully saturated rings. The van der Waals surface area contributed by atoms with Gasteiger partial charge in [-0.2, -0.15) is 0 Å². The van der Waals surface area contributed by atoms with Crippen molar-refractivity contribution in [3.63, 3.8) is 0 Å². The van der Waals surface area contributed by atoms with E-state index in [9.17, 15) is 0 Å². The zero-order valence-electron chi connectivity index (χ0n) is 7.01. The first-order valence-electron chi connectivity index (χ1n) is 4.10. The molecule has 0 saturated heterocycles. The third-order valence-electron chi connectivity index (χ3n) is 2.25. The molecule has 0 radical (unpaired) electrons. The standard InChI is InChI=1S/C11H11N/c1-8-5-6-9(2)11-10(8)4-3-7-12-11/h3-4,7H,1-2,5-6H2. The first-order chi connectivity index (χ1) is 5.79. The lowest BCUT2D eigenvalue weighted by molar-refractivity contribution is 1.03.